The monoisotopic (exact) mass is 392 g/mol. The zero-order valence-corrected chi connectivity index (χ0v) is 16.5. The SMILES string of the molecule is CCc1cc(Nc2nc(NCc3ccc(Cl)cc3)nc3cccc(C)c23)n[nH]1. The van der Waals surface area contributed by atoms with Gasteiger partial charge in [-0.25, -0.2) is 4.98 Å². The molecule has 0 aliphatic heterocycles. The van der Waals surface area contributed by atoms with Crippen LogP contribution in [0.4, 0.5) is 17.6 Å². The number of hydrogen-bond acceptors (Lipinski definition) is 5. The van der Waals surface area contributed by atoms with Crippen LogP contribution in [0.5, 0.6) is 0 Å². The fraction of sp³-hybridized carbons (Fsp3) is 0.190. The van der Waals surface area contributed by atoms with Crippen molar-refractivity contribution >= 4 is 40.1 Å². The number of rotatable bonds is 6. The lowest BCUT2D eigenvalue weighted by Gasteiger charge is -2.12. The average molecular weight is 393 g/mol. The van der Waals surface area contributed by atoms with Crippen LogP contribution in [0, 0.1) is 6.92 Å². The molecule has 6 nitrogen and oxygen atoms in total. The average Bonchev–Trinajstić information content (AvgIpc) is 3.15. The molecular weight excluding hydrogens is 372 g/mol. The lowest BCUT2D eigenvalue weighted by molar-refractivity contribution is 0.975. The molecule has 0 radical (unpaired) electrons. The van der Waals surface area contributed by atoms with Crippen LogP contribution in [-0.2, 0) is 13.0 Å². The summed E-state index contributed by atoms with van der Waals surface area (Å²) in [6, 6.07) is 15.8. The molecule has 0 saturated carbocycles. The third-order valence-corrected chi connectivity index (χ3v) is 4.81. The lowest BCUT2D eigenvalue weighted by atomic mass is 10.1. The van der Waals surface area contributed by atoms with E-state index in [0.29, 0.717) is 12.5 Å². The number of nitrogens with zero attached hydrogens (tertiary/aromatic N) is 3. The maximum Gasteiger partial charge on any atom is 0.225 e. The Morgan fingerprint density at radius 1 is 1.07 bits per heavy atom. The Morgan fingerprint density at radius 2 is 1.89 bits per heavy atom. The first-order valence-corrected chi connectivity index (χ1v) is 9.57. The minimum absolute atomic E-state index is 0.557. The molecule has 28 heavy (non-hydrogen) atoms. The number of H-pyrrole nitrogens is 1. The Bertz CT molecular complexity index is 1100. The van der Waals surface area contributed by atoms with Gasteiger partial charge in [0.2, 0.25) is 5.95 Å². The number of aryl methyl sites for hydroxylation is 2. The lowest BCUT2D eigenvalue weighted by Crippen LogP contribution is -2.06. The van der Waals surface area contributed by atoms with Crippen molar-refractivity contribution < 1.29 is 0 Å². The van der Waals surface area contributed by atoms with Gasteiger partial charge in [0, 0.05) is 28.7 Å². The predicted octanol–water partition coefficient (Wildman–Crippen LogP) is 5.23. The van der Waals surface area contributed by atoms with Crippen molar-refractivity contribution in [1.82, 2.24) is 20.2 Å². The van der Waals surface area contributed by atoms with E-state index in [9.17, 15) is 0 Å². The summed E-state index contributed by atoms with van der Waals surface area (Å²) in [4.78, 5) is 9.39. The van der Waals surface area contributed by atoms with Gasteiger partial charge in [0.05, 0.1) is 5.52 Å². The third-order valence-electron chi connectivity index (χ3n) is 4.55. The van der Waals surface area contributed by atoms with Crippen LogP contribution in [-0.4, -0.2) is 20.2 Å². The van der Waals surface area contributed by atoms with Gasteiger partial charge in [0.1, 0.15) is 5.82 Å². The van der Waals surface area contributed by atoms with Gasteiger partial charge in [0.25, 0.3) is 0 Å². The van der Waals surface area contributed by atoms with E-state index in [-0.39, 0.29) is 0 Å². The molecule has 3 N–H and O–H groups in total. The van der Waals surface area contributed by atoms with E-state index < -0.39 is 0 Å². The molecule has 0 saturated heterocycles. The standard InChI is InChI=1S/C21H21ClN6/c1-3-16-11-18(28-27-16)25-20-19-13(2)5-4-6-17(19)24-21(26-20)23-12-14-7-9-15(22)10-8-14/h4-11H,3,12H2,1-2H3,(H3,23,24,25,26,27,28). The summed E-state index contributed by atoms with van der Waals surface area (Å²) < 4.78 is 0. The maximum absolute atomic E-state index is 5.96. The molecule has 0 fully saturated rings. The zero-order valence-electron chi connectivity index (χ0n) is 15.8. The van der Waals surface area contributed by atoms with Gasteiger partial charge in [-0.15, -0.1) is 0 Å². The Kier molecular flexibility index (Phi) is 5.12. The van der Waals surface area contributed by atoms with Crippen LogP contribution in [0.1, 0.15) is 23.7 Å². The highest BCUT2D eigenvalue weighted by Gasteiger charge is 2.12. The molecular formula is C21H21ClN6. The van der Waals surface area contributed by atoms with Gasteiger partial charge < -0.3 is 10.6 Å². The largest absolute Gasteiger partial charge is 0.350 e. The third kappa shape index (κ3) is 3.92. The second-order valence-electron chi connectivity index (χ2n) is 6.60. The molecule has 0 spiro atoms. The van der Waals surface area contributed by atoms with E-state index >= 15 is 0 Å². The summed E-state index contributed by atoms with van der Waals surface area (Å²) in [6.45, 7) is 4.75. The minimum Gasteiger partial charge on any atom is -0.350 e. The molecule has 7 heteroatoms. The van der Waals surface area contributed by atoms with E-state index in [4.69, 9.17) is 16.6 Å². The number of benzene rings is 2. The number of halogens is 1. The quantitative estimate of drug-likeness (QED) is 0.418. The Balaban J connectivity index is 1.66. The fourth-order valence-electron chi connectivity index (χ4n) is 3.04. The van der Waals surface area contributed by atoms with Crippen LogP contribution in [0.2, 0.25) is 5.02 Å². The van der Waals surface area contributed by atoms with E-state index in [1.54, 1.807) is 0 Å². The molecule has 4 rings (SSSR count). The Morgan fingerprint density at radius 3 is 2.64 bits per heavy atom. The molecule has 0 amide bonds. The second kappa shape index (κ2) is 7.86. The minimum atomic E-state index is 0.557. The van der Waals surface area contributed by atoms with Crippen LogP contribution in [0.15, 0.2) is 48.5 Å². The summed E-state index contributed by atoms with van der Waals surface area (Å²) in [5, 5.41) is 15.7. The molecule has 2 heterocycles. The molecule has 0 aliphatic carbocycles. The summed E-state index contributed by atoms with van der Waals surface area (Å²) in [5.41, 5.74) is 4.16. The number of hydrogen-bond donors (Lipinski definition) is 3. The molecule has 0 atom stereocenters. The summed E-state index contributed by atoms with van der Waals surface area (Å²) in [5.74, 6) is 2.03. The zero-order chi connectivity index (χ0) is 19.5. The van der Waals surface area contributed by atoms with Crippen molar-refractivity contribution in [1.29, 1.82) is 0 Å². The second-order valence-corrected chi connectivity index (χ2v) is 7.04. The van der Waals surface area contributed by atoms with Crippen molar-refractivity contribution in [2.75, 3.05) is 10.6 Å². The van der Waals surface area contributed by atoms with Gasteiger partial charge in [-0.3, -0.25) is 5.10 Å². The molecule has 0 unspecified atom stereocenters. The predicted molar refractivity (Wildman–Crippen MR) is 114 cm³/mol. The van der Waals surface area contributed by atoms with Crippen LogP contribution >= 0.6 is 11.6 Å². The normalized spacial score (nSPS) is 11.0. The maximum atomic E-state index is 5.96. The number of aromatic amines is 1. The van der Waals surface area contributed by atoms with Crippen molar-refractivity contribution in [2.45, 2.75) is 26.8 Å². The Hall–Kier alpha value is -3.12. The van der Waals surface area contributed by atoms with Crippen LogP contribution < -0.4 is 10.6 Å². The summed E-state index contributed by atoms with van der Waals surface area (Å²) in [6.07, 6.45) is 0.895. The first-order valence-electron chi connectivity index (χ1n) is 9.19. The molecule has 4 aromatic rings. The molecule has 142 valence electrons. The van der Waals surface area contributed by atoms with Crippen molar-refractivity contribution in [3.8, 4) is 0 Å². The Labute approximate surface area is 168 Å². The highest BCUT2D eigenvalue weighted by molar-refractivity contribution is 6.30. The summed E-state index contributed by atoms with van der Waals surface area (Å²) in [7, 11) is 0. The van der Waals surface area contributed by atoms with Crippen LogP contribution in [0.25, 0.3) is 10.9 Å². The number of anilines is 3. The van der Waals surface area contributed by atoms with E-state index in [2.05, 4.69) is 45.7 Å². The summed E-state index contributed by atoms with van der Waals surface area (Å²) >= 11 is 5.96. The van der Waals surface area contributed by atoms with Crippen molar-refractivity contribution in [3.63, 3.8) is 0 Å². The number of aromatic nitrogens is 4. The molecule has 0 bridgehead atoms. The van der Waals surface area contributed by atoms with E-state index in [0.717, 1.165) is 50.8 Å². The topological polar surface area (TPSA) is 78.5 Å². The van der Waals surface area contributed by atoms with Gasteiger partial charge in [-0.1, -0.05) is 42.8 Å². The van der Waals surface area contributed by atoms with Crippen molar-refractivity contribution in [2.24, 2.45) is 0 Å². The molecule has 2 aromatic heterocycles. The van der Waals surface area contributed by atoms with Crippen LogP contribution in [0.3, 0.4) is 0 Å². The molecule has 2 aromatic carbocycles. The van der Waals surface area contributed by atoms with Gasteiger partial charge in [-0.2, -0.15) is 10.1 Å². The van der Waals surface area contributed by atoms with Gasteiger partial charge >= 0.3 is 0 Å². The first-order chi connectivity index (χ1) is 13.6. The first kappa shape index (κ1) is 18.3. The number of fused-ring (bicyclic) bond motifs is 1. The van der Waals surface area contributed by atoms with Crippen molar-refractivity contribution in [3.05, 3.63) is 70.4 Å². The van der Waals surface area contributed by atoms with Gasteiger partial charge in [0.15, 0.2) is 5.82 Å². The van der Waals surface area contributed by atoms with Gasteiger partial charge in [-0.05, 0) is 42.7 Å². The number of nitrogens with one attached hydrogen (secondary N) is 3. The smallest absolute Gasteiger partial charge is 0.225 e. The highest BCUT2D eigenvalue weighted by atomic mass is 35.5. The molecule has 0 aliphatic rings. The highest BCUT2D eigenvalue weighted by Crippen LogP contribution is 2.28. The fourth-order valence-corrected chi connectivity index (χ4v) is 3.16. The van der Waals surface area contributed by atoms with E-state index in [1.165, 1.54) is 0 Å². The van der Waals surface area contributed by atoms with E-state index in [1.807, 2.05) is 42.5 Å².